The summed E-state index contributed by atoms with van der Waals surface area (Å²) in [5.74, 6) is 1.67. The molecule has 0 aromatic heterocycles. The average molecular weight is 274 g/mol. The molecular weight excluding hydrogens is 248 g/mol. The Bertz CT molecular complexity index is 434. The molecule has 110 valence electrons. The van der Waals surface area contributed by atoms with Crippen LogP contribution in [-0.2, 0) is 4.74 Å². The highest BCUT2D eigenvalue weighted by atomic mass is 16.5. The lowest BCUT2D eigenvalue weighted by Gasteiger charge is -2.39. The van der Waals surface area contributed by atoms with Gasteiger partial charge < -0.3 is 9.64 Å². The quantitative estimate of drug-likeness (QED) is 0.716. The van der Waals surface area contributed by atoms with Crippen LogP contribution in [0.1, 0.15) is 33.1 Å². The molecule has 0 radical (unpaired) electrons. The zero-order chi connectivity index (χ0) is 14.5. The van der Waals surface area contributed by atoms with Crippen LogP contribution in [0.5, 0.6) is 0 Å². The molecule has 2 heterocycles. The van der Waals surface area contributed by atoms with Crippen molar-refractivity contribution in [1.29, 1.82) is 0 Å². The molecule has 0 aromatic rings. The molecule has 0 spiro atoms. The van der Waals surface area contributed by atoms with Crippen molar-refractivity contribution >= 4 is 5.84 Å². The van der Waals surface area contributed by atoms with Crippen molar-refractivity contribution < 1.29 is 4.74 Å². The fourth-order valence-electron chi connectivity index (χ4n) is 2.78. The lowest BCUT2D eigenvalue weighted by atomic mass is 9.98. The molecule has 3 heteroatoms. The Morgan fingerprint density at radius 1 is 1.50 bits per heavy atom. The molecule has 3 nitrogen and oxygen atoms in total. The van der Waals surface area contributed by atoms with Crippen LogP contribution >= 0.6 is 0 Å². The molecule has 20 heavy (non-hydrogen) atoms. The number of methoxy groups -OCH3 is 1. The van der Waals surface area contributed by atoms with Gasteiger partial charge in [0.15, 0.2) is 0 Å². The molecule has 0 aromatic carbocycles. The van der Waals surface area contributed by atoms with Crippen molar-refractivity contribution in [2.24, 2.45) is 10.9 Å². The standard InChI is InChI=1S/C17H26N2O/c1-5-14-8-6-9-15-10-7-11-17(19(14)15)18-16(12-20-4)13(2)3/h5-6,8-9,13-14,16H,1,7,10-12H2,2-4H3/t14-,16-/m1/s1. The van der Waals surface area contributed by atoms with Gasteiger partial charge in [0.1, 0.15) is 5.84 Å². The Kier molecular flexibility index (Phi) is 5.18. The normalized spacial score (nSPS) is 25.6. The summed E-state index contributed by atoms with van der Waals surface area (Å²) < 4.78 is 5.32. The topological polar surface area (TPSA) is 24.8 Å². The lowest BCUT2D eigenvalue weighted by molar-refractivity contribution is 0.164. The predicted octanol–water partition coefficient (Wildman–Crippen LogP) is 3.55. The maximum Gasteiger partial charge on any atom is 0.104 e. The Balaban J connectivity index is 2.26. The summed E-state index contributed by atoms with van der Waals surface area (Å²) in [7, 11) is 1.75. The molecule has 1 fully saturated rings. The van der Waals surface area contributed by atoms with Crippen LogP contribution in [-0.4, -0.2) is 36.5 Å². The van der Waals surface area contributed by atoms with Crippen LogP contribution in [0.3, 0.4) is 0 Å². The number of fused-ring (bicyclic) bond motifs is 1. The molecule has 1 saturated heterocycles. The second-order valence-electron chi connectivity index (χ2n) is 5.80. The van der Waals surface area contributed by atoms with Gasteiger partial charge in [-0.2, -0.15) is 0 Å². The van der Waals surface area contributed by atoms with E-state index in [1.807, 2.05) is 6.08 Å². The van der Waals surface area contributed by atoms with Crippen LogP contribution < -0.4 is 0 Å². The van der Waals surface area contributed by atoms with Gasteiger partial charge in [-0.25, -0.2) is 0 Å². The van der Waals surface area contributed by atoms with Crippen LogP contribution in [0.4, 0.5) is 0 Å². The smallest absolute Gasteiger partial charge is 0.104 e. The molecule has 2 atom stereocenters. The van der Waals surface area contributed by atoms with E-state index in [1.165, 1.54) is 18.0 Å². The fourth-order valence-corrected chi connectivity index (χ4v) is 2.78. The van der Waals surface area contributed by atoms with Crippen molar-refractivity contribution in [3.63, 3.8) is 0 Å². The zero-order valence-corrected chi connectivity index (χ0v) is 12.9. The minimum Gasteiger partial charge on any atom is -0.382 e. The molecule has 0 aliphatic carbocycles. The summed E-state index contributed by atoms with van der Waals surface area (Å²) in [6.07, 6.45) is 11.9. The molecular formula is C17H26N2O. The average Bonchev–Trinajstić information content (AvgIpc) is 2.46. The van der Waals surface area contributed by atoms with Crippen LogP contribution in [0.25, 0.3) is 0 Å². The number of rotatable bonds is 5. The van der Waals surface area contributed by atoms with E-state index in [-0.39, 0.29) is 12.1 Å². The maximum atomic E-state index is 5.32. The Morgan fingerprint density at radius 2 is 2.30 bits per heavy atom. The van der Waals surface area contributed by atoms with Gasteiger partial charge in [0.05, 0.1) is 18.7 Å². The number of nitrogens with zero attached hydrogens (tertiary/aromatic N) is 2. The van der Waals surface area contributed by atoms with Gasteiger partial charge in [-0.15, -0.1) is 6.58 Å². The molecule has 0 bridgehead atoms. The number of amidine groups is 1. The van der Waals surface area contributed by atoms with E-state index >= 15 is 0 Å². The lowest BCUT2D eigenvalue weighted by Crippen LogP contribution is -2.42. The first kappa shape index (κ1) is 15.0. The summed E-state index contributed by atoms with van der Waals surface area (Å²) in [6.45, 7) is 9.05. The first-order valence-corrected chi connectivity index (χ1v) is 7.52. The zero-order valence-electron chi connectivity index (χ0n) is 12.9. The number of hydrogen-bond acceptors (Lipinski definition) is 2. The number of aliphatic imine (C=N–C) groups is 1. The molecule has 0 unspecified atom stereocenters. The van der Waals surface area contributed by atoms with E-state index in [0.29, 0.717) is 12.5 Å². The van der Waals surface area contributed by atoms with Gasteiger partial charge in [-0.05, 0) is 24.8 Å². The highest BCUT2D eigenvalue weighted by Gasteiger charge is 2.28. The van der Waals surface area contributed by atoms with E-state index in [2.05, 4.69) is 43.6 Å². The maximum absolute atomic E-state index is 5.32. The molecule has 2 aliphatic heterocycles. The minimum atomic E-state index is 0.228. The summed E-state index contributed by atoms with van der Waals surface area (Å²) in [6, 6.07) is 0.468. The second kappa shape index (κ2) is 6.89. The third-order valence-corrected chi connectivity index (χ3v) is 3.98. The van der Waals surface area contributed by atoms with Crippen molar-refractivity contribution in [2.45, 2.75) is 45.2 Å². The molecule has 2 rings (SSSR count). The Morgan fingerprint density at radius 3 is 2.95 bits per heavy atom. The Labute approximate surface area is 122 Å². The van der Waals surface area contributed by atoms with Crippen molar-refractivity contribution in [1.82, 2.24) is 4.90 Å². The van der Waals surface area contributed by atoms with Crippen LogP contribution in [0.2, 0.25) is 0 Å². The fraction of sp³-hybridized carbons (Fsp3) is 0.588. The van der Waals surface area contributed by atoms with Gasteiger partial charge in [-0.1, -0.05) is 32.1 Å². The largest absolute Gasteiger partial charge is 0.382 e. The van der Waals surface area contributed by atoms with Gasteiger partial charge >= 0.3 is 0 Å². The van der Waals surface area contributed by atoms with Gasteiger partial charge in [0.25, 0.3) is 0 Å². The van der Waals surface area contributed by atoms with Crippen molar-refractivity contribution in [2.75, 3.05) is 13.7 Å². The Hall–Kier alpha value is -1.35. The third-order valence-electron chi connectivity index (χ3n) is 3.98. The summed E-state index contributed by atoms with van der Waals surface area (Å²) in [4.78, 5) is 7.35. The predicted molar refractivity (Wildman–Crippen MR) is 84.8 cm³/mol. The molecule has 0 saturated carbocycles. The van der Waals surface area contributed by atoms with E-state index in [9.17, 15) is 0 Å². The second-order valence-corrected chi connectivity index (χ2v) is 5.80. The number of allylic oxidation sites excluding steroid dienone is 3. The van der Waals surface area contributed by atoms with E-state index < -0.39 is 0 Å². The first-order chi connectivity index (χ1) is 9.67. The van der Waals surface area contributed by atoms with Crippen LogP contribution in [0, 0.1) is 5.92 Å². The van der Waals surface area contributed by atoms with E-state index in [0.717, 1.165) is 12.8 Å². The molecule has 0 amide bonds. The first-order valence-electron chi connectivity index (χ1n) is 7.52. The van der Waals surface area contributed by atoms with Crippen LogP contribution in [0.15, 0.2) is 41.6 Å². The van der Waals surface area contributed by atoms with Gasteiger partial charge in [0, 0.05) is 19.2 Å². The van der Waals surface area contributed by atoms with Gasteiger partial charge in [-0.3, -0.25) is 4.99 Å². The van der Waals surface area contributed by atoms with E-state index in [1.54, 1.807) is 7.11 Å². The molecule has 0 N–H and O–H groups in total. The number of hydrogen-bond donors (Lipinski definition) is 0. The highest BCUT2D eigenvalue weighted by Crippen LogP contribution is 2.29. The van der Waals surface area contributed by atoms with Crippen molar-refractivity contribution in [3.05, 3.63) is 36.6 Å². The number of ether oxygens (including phenoxy) is 1. The number of piperidine rings is 1. The molecule has 2 aliphatic rings. The summed E-state index contributed by atoms with van der Waals surface area (Å²) in [5, 5.41) is 0. The third kappa shape index (κ3) is 3.21. The van der Waals surface area contributed by atoms with E-state index in [4.69, 9.17) is 9.73 Å². The summed E-state index contributed by atoms with van der Waals surface area (Å²) >= 11 is 0. The minimum absolute atomic E-state index is 0.228. The highest BCUT2D eigenvalue weighted by molar-refractivity contribution is 5.86. The monoisotopic (exact) mass is 274 g/mol. The van der Waals surface area contributed by atoms with Crippen molar-refractivity contribution in [3.8, 4) is 0 Å². The SMILES string of the molecule is C=C[C@@H]1C=CC=C2CCCC(=N[C@H](COC)C(C)C)N21. The van der Waals surface area contributed by atoms with Gasteiger partial charge in [0.2, 0.25) is 0 Å². The summed E-state index contributed by atoms with van der Waals surface area (Å²) in [5.41, 5.74) is 1.36.